The lowest BCUT2D eigenvalue weighted by Crippen LogP contribution is -2.26. The highest BCUT2D eigenvalue weighted by Crippen LogP contribution is 2.20. The lowest BCUT2D eigenvalue weighted by Gasteiger charge is -2.22. The van der Waals surface area contributed by atoms with Gasteiger partial charge in [0.1, 0.15) is 5.75 Å². The number of phenolic OH excluding ortho intramolecular Hbond substituents is 1. The topological polar surface area (TPSA) is 36.4 Å². The van der Waals surface area contributed by atoms with Crippen molar-refractivity contribution in [1.29, 1.82) is 0 Å². The van der Waals surface area contributed by atoms with Crippen molar-refractivity contribution in [1.82, 2.24) is 9.88 Å². The summed E-state index contributed by atoms with van der Waals surface area (Å²) in [6, 6.07) is 24.1. The van der Waals surface area contributed by atoms with Crippen LogP contribution < -0.4 is 0 Å². The van der Waals surface area contributed by atoms with E-state index in [0.717, 1.165) is 42.4 Å². The molecule has 0 aliphatic rings. The summed E-state index contributed by atoms with van der Waals surface area (Å²) >= 11 is 1.94. The zero-order chi connectivity index (χ0) is 18.0. The first-order valence-electron chi connectivity index (χ1n) is 8.82. The molecule has 26 heavy (non-hydrogen) atoms. The van der Waals surface area contributed by atoms with Crippen LogP contribution in [0.3, 0.4) is 0 Å². The second kappa shape index (κ2) is 10.00. The number of thioether (sulfide) groups is 1. The normalized spacial score (nSPS) is 11.0. The van der Waals surface area contributed by atoms with Gasteiger partial charge in [0, 0.05) is 42.9 Å². The molecule has 0 bridgehead atoms. The molecule has 0 fully saturated rings. The molecule has 134 valence electrons. The smallest absolute Gasteiger partial charge is 0.120 e. The number of hydrogen-bond acceptors (Lipinski definition) is 4. The van der Waals surface area contributed by atoms with Crippen LogP contribution in [0.5, 0.6) is 5.75 Å². The van der Waals surface area contributed by atoms with Crippen molar-refractivity contribution in [2.75, 3.05) is 12.3 Å². The third-order valence-electron chi connectivity index (χ3n) is 4.16. The highest BCUT2D eigenvalue weighted by atomic mass is 32.2. The summed E-state index contributed by atoms with van der Waals surface area (Å²) in [4.78, 5) is 6.79. The highest BCUT2D eigenvalue weighted by molar-refractivity contribution is 7.98. The molecule has 3 aromatic rings. The summed E-state index contributed by atoms with van der Waals surface area (Å²) in [6.45, 7) is 2.44. The third kappa shape index (κ3) is 5.90. The molecule has 0 saturated heterocycles. The van der Waals surface area contributed by atoms with E-state index in [-0.39, 0.29) is 0 Å². The van der Waals surface area contributed by atoms with E-state index in [0.29, 0.717) is 5.75 Å². The van der Waals surface area contributed by atoms with Crippen LogP contribution >= 0.6 is 11.8 Å². The first-order valence-corrected chi connectivity index (χ1v) is 9.97. The standard InChI is InChI=1S/C22H24N2OS/c25-22-12-5-4-10-20(22)16-24(17-21-11-6-7-13-23-21)14-15-26-18-19-8-2-1-3-9-19/h1-13,25H,14-18H2. The molecule has 0 aliphatic carbocycles. The Morgan fingerprint density at radius 1 is 0.846 bits per heavy atom. The molecule has 0 aliphatic heterocycles. The SMILES string of the molecule is Oc1ccccc1CN(CCSCc1ccccc1)Cc1ccccn1. The van der Waals surface area contributed by atoms with Gasteiger partial charge in [0.25, 0.3) is 0 Å². The molecule has 0 saturated carbocycles. The fraction of sp³-hybridized carbons (Fsp3) is 0.227. The van der Waals surface area contributed by atoms with Gasteiger partial charge in [-0.1, -0.05) is 54.6 Å². The summed E-state index contributed by atoms with van der Waals surface area (Å²) in [6.07, 6.45) is 1.83. The van der Waals surface area contributed by atoms with Crippen LogP contribution in [0, 0.1) is 0 Å². The van der Waals surface area contributed by atoms with Crippen molar-refractivity contribution in [3.8, 4) is 5.75 Å². The Morgan fingerprint density at radius 2 is 1.62 bits per heavy atom. The van der Waals surface area contributed by atoms with Gasteiger partial charge in [-0.25, -0.2) is 0 Å². The minimum atomic E-state index is 0.357. The van der Waals surface area contributed by atoms with Crippen molar-refractivity contribution in [2.45, 2.75) is 18.8 Å². The average Bonchev–Trinajstić information content (AvgIpc) is 2.68. The van der Waals surface area contributed by atoms with Crippen molar-refractivity contribution >= 4 is 11.8 Å². The van der Waals surface area contributed by atoms with Crippen molar-refractivity contribution in [3.05, 3.63) is 95.8 Å². The number of pyridine rings is 1. The zero-order valence-electron chi connectivity index (χ0n) is 14.8. The molecule has 0 unspecified atom stereocenters. The molecule has 3 nitrogen and oxygen atoms in total. The molecule has 3 rings (SSSR count). The highest BCUT2D eigenvalue weighted by Gasteiger charge is 2.10. The van der Waals surface area contributed by atoms with Gasteiger partial charge in [0.15, 0.2) is 0 Å². The van der Waals surface area contributed by atoms with Gasteiger partial charge >= 0.3 is 0 Å². The van der Waals surface area contributed by atoms with Gasteiger partial charge in [-0.3, -0.25) is 9.88 Å². The second-order valence-corrected chi connectivity index (χ2v) is 7.30. The molecule has 1 aromatic heterocycles. The minimum absolute atomic E-state index is 0.357. The summed E-state index contributed by atoms with van der Waals surface area (Å²) in [5.41, 5.74) is 3.36. The zero-order valence-corrected chi connectivity index (χ0v) is 15.6. The van der Waals surface area contributed by atoms with E-state index in [2.05, 4.69) is 46.3 Å². The van der Waals surface area contributed by atoms with E-state index in [1.54, 1.807) is 6.07 Å². The third-order valence-corrected chi connectivity index (χ3v) is 5.17. The Hall–Kier alpha value is -2.30. The number of phenols is 1. The number of aromatic nitrogens is 1. The van der Waals surface area contributed by atoms with Crippen molar-refractivity contribution in [3.63, 3.8) is 0 Å². The second-order valence-electron chi connectivity index (χ2n) is 6.20. The van der Waals surface area contributed by atoms with Crippen LogP contribution in [0.2, 0.25) is 0 Å². The Kier molecular flexibility index (Phi) is 7.11. The van der Waals surface area contributed by atoms with Gasteiger partial charge < -0.3 is 5.11 Å². The summed E-state index contributed by atoms with van der Waals surface area (Å²) in [5.74, 6) is 2.42. The Morgan fingerprint density at radius 3 is 2.38 bits per heavy atom. The predicted molar refractivity (Wildman–Crippen MR) is 109 cm³/mol. The number of para-hydroxylation sites is 1. The maximum absolute atomic E-state index is 10.1. The fourth-order valence-electron chi connectivity index (χ4n) is 2.78. The maximum Gasteiger partial charge on any atom is 0.120 e. The quantitative estimate of drug-likeness (QED) is 0.557. The van der Waals surface area contributed by atoms with Gasteiger partial charge in [-0.15, -0.1) is 0 Å². The molecule has 1 N–H and O–H groups in total. The molecular formula is C22H24N2OS. The number of nitrogens with zero attached hydrogens (tertiary/aromatic N) is 2. The van der Waals surface area contributed by atoms with E-state index in [4.69, 9.17) is 0 Å². The van der Waals surface area contributed by atoms with E-state index in [1.807, 2.05) is 48.3 Å². The molecule has 0 atom stereocenters. The molecule has 0 amide bonds. The van der Waals surface area contributed by atoms with Crippen molar-refractivity contribution < 1.29 is 5.11 Å². The van der Waals surface area contributed by atoms with Gasteiger partial charge in [-0.05, 0) is 23.8 Å². The Labute approximate surface area is 159 Å². The van der Waals surface area contributed by atoms with Gasteiger partial charge in [0.05, 0.1) is 5.69 Å². The van der Waals surface area contributed by atoms with Crippen LogP contribution in [-0.4, -0.2) is 27.3 Å². The molecule has 1 heterocycles. The van der Waals surface area contributed by atoms with Crippen LogP contribution in [0.1, 0.15) is 16.8 Å². The predicted octanol–water partition coefficient (Wildman–Crippen LogP) is 4.72. The maximum atomic E-state index is 10.1. The van der Waals surface area contributed by atoms with Crippen LogP contribution in [0.4, 0.5) is 0 Å². The van der Waals surface area contributed by atoms with E-state index in [1.165, 1.54) is 5.56 Å². The number of aromatic hydroxyl groups is 1. The van der Waals surface area contributed by atoms with Crippen LogP contribution in [-0.2, 0) is 18.8 Å². The largest absolute Gasteiger partial charge is 0.508 e. The first kappa shape index (κ1) is 18.5. The van der Waals surface area contributed by atoms with Crippen LogP contribution in [0.25, 0.3) is 0 Å². The van der Waals surface area contributed by atoms with Gasteiger partial charge in [-0.2, -0.15) is 11.8 Å². The number of benzene rings is 2. The first-order chi connectivity index (χ1) is 12.8. The minimum Gasteiger partial charge on any atom is -0.508 e. The Balaban J connectivity index is 1.58. The lowest BCUT2D eigenvalue weighted by atomic mass is 10.2. The monoisotopic (exact) mass is 364 g/mol. The number of rotatable bonds is 9. The summed E-state index contributed by atoms with van der Waals surface area (Å²) in [7, 11) is 0. The fourth-order valence-corrected chi connectivity index (χ4v) is 3.74. The average molecular weight is 365 g/mol. The molecule has 0 radical (unpaired) electrons. The van der Waals surface area contributed by atoms with Crippen LogP contribution in [0.15, 0.2) is 79.0 Å². The molecule has 2 aromatic carbocycles. The van der Waals surface area contributed by atoms with Crippen molar-refractivity contribution in [2.24, 2.45) is 0 Å². The van der Waals surface area contributed by atoms with E-state index < -0.39 is 0 Å². The molecular weight excluding hydrogens is 340 g/mol. The Bertz CT molecular complexity index is 780. The summed E-state index contributed by atoms with van der Waals surface area (Å²) in [5, 5.41) is 10.1. The van der Waals surface area contributed by atoms with Gasteiger partial charge in [0.2, 0.25) is 0 Å². The summed E-state index contributed by atoms with van der Waals surface area (Å²) < 4.78 is 0. The van der Waals surface area contributed by atoms with E-state index >= 15 is 0 Å². The lowest BCUT2D eigenvalue weighted by molar-refractivity contribution is 0.266. The number of hydrogen-bond donors (Lipinski definition) is 1. The molecule has 4 heteroatoms. The van der Waals surface area contributed by atoms with E-state index in [9.17, 15) is 5.11 Å². The molecule has 0 spiro atoms.